The fourth-order valence-electron chi connectivity index (χ4n) is 2.42. The van der Waals surface area contributed by atoms with Crippen LogP contribution in [-0.2, 0) is 6.54 Å². The van der Waals surface area contributed by atoms with Gasteiger partial charge in [0, 0.05) is 12.6 Å². The van der Waals surface area contributed by atoms with Crippen molar-refractivity contribution >= 4 is 17.1 Å². The Balaban J connectivity index is 2.29. The van der Waals surface area contributed by atoms with E-state index < -0.39 is 0 Å². The Labute approximate surface area is 94.2 Å². The molecule has 0 amide bonds. The Morgan fingerprint density at radius 1 is 1.50 bits per heavy atom. The third kappa shape index (κ3) is 1.11. The number of nitrogen functional groups attached to an aromatic ring is 1. The third-order valence-electron chi connectivity index (χ3n) is 3.47. The molecule has 2 heterocycles. The molecule has 1 aliphatic carbocycles. The first-order valence-electron chi connectivity index (χ1n) is 5.84. The molecule has 16 heavy (non-hydrogen) atoms. The molecule has 0 bridgehead atoms. The zero-order chi connectivity index (χ0) is 11.4. The first-order valence-corrected chi connectivity index (χ1v) is 5.84. The maximum atomic E-state index is 6.00. The molecule has 2 unspecified atom stereocenters. The predicted molar refractivity (Wildman–Crippen MR) is 63.2 cm³/mol. The predicted octanol–water partition coefficient (Wildman–Crippen LogP) is 1.72. The van der Waals surface area contributed by atoms with Gasteiger partial charge in [-0.25, -0.2) is 9.67 Å². The number of hydrogen-bond donors (Lipinski definition) is 1. The number of nitrogens with two attached hydrogens (primary N) is 1. The van der Waals surface area contributed by atoms with Gasteiger partial charge in [0.05, 0.1) is 5.69 Å². The molecule has 1 aliphatic rings. The number of fused-ring (bicyclic) bond motifs is 1. The van der Waals surface area contributed by atoms with Gasteiger partial charge in [-0.1, -0.05) is 6.92 Å². The number of rotatable bonds is 2. The van der Waals surface area contributed by atoms with Crippen LogP contribution in [0.25, 0.3) is 11.2 Å². The highest BCUT2D eigenvalue weighted by atomic mass is 15.4. The van der Waals surface area contributed by atoms with Crippen molar-refractivity contribution in [3.8, 4) is 0 Å². The molecule has 3 rings (SSSR count). The van der Waals surface area contributed by atoms with Crippen molar-refractivity contribution in [2.75, 3.05) is 5.73 Å². The van der Waals surface area contributed by atoms with E-state index >= 15 is 0 Å². The number of nitrogens with zero attached hydrogens (tertiary/aromatic N) is 4. The number of aryl methyl sites for hydroxylation is 2. The van der Waals surface area contributed by atoms with Crippen molar-refractivity contribution in [3.63, 3.8) is 0 Å². The van der Waals surface area contributed by atoms with Gasteiger partial charge < -0.3 is 5.73 Å². The lowest BCUT2D eigenvalue weighted by molar-refractivity contribution is 0.627. The number of imidazole rings is 1. The highest BCUT2D eigenvalue weighted by Gasteiger charge is 2.37. The lowest BCUT2D eigenvalue weighted by Crippen LogP contribution is -2.07. The summed E-state index contributed by atoms with van der Waals surface area (Å²) in [5.41, 5.74) is 9.02. The van der Waals surface area contributed by atoms with E-state index in [1.165, 1.54) is 6.42 Å². The Morgan fingerprint density at radius 2 is 2.19 bits per heavy atom. The quantitative estimate of drug-likeness (QED) is 0.836. The Kier molecular flexibility index (Phi) is 1.81. The van der Waals surface area contributed by atoms with E-state index in [1.807, 2.05) is 11.6 Å². The molecule has 1 fully saturated rings. The monoisotopic (exact) mass is 219 g/mol. The SMILES string of the molecule is CCn1nc(C)c2nc(N)n(C3CC3C)c21. The van der Waals surface area contributed by atoms with Gasteiger partial charge in [0.15, 0.2) is 5.65 Å². The minimum Gasteiger partial charge on any atom is -0.369 e. The van der Waals surface area contributed by atoms with Gasteiger partial charge in [0.25, 0.3) is 0 Å². The highest BCUT2D eigenvalue weighted by molar-refractivity contribution is 5.78. The number of hydrogen-bond acceptors (Lipinski definition) is 3. The van der Waals surface area contributed by atoms with Crippen LogP contribution in [-0.4, -0.2) is 19.3 Å². The summed E-state index contributed by atoms with van der Waals surface area (Å²) in [4.78, 5) is 4.43. The first-order chi connectivity index (χ1) is 7.63. The largest absolute Gasteiger partial charge is 0.369 e. The fraction of sp³-hybridized carbons (Fsp3) is 0.636. The normalized spacial score (nSPS) is 24.2. The van der Waals surface area contributed by atoms with Crippen molar-refractivity contribution in [1.82, 2.24) is 19.3 Å². The van der Waals surface area contributed by atoms with Crippen LogP contribution < -0.4 is 5.73 Å². The zero-order valence-electron chi connectivity index (χ0n) is 9.94. The van der Waals surface area contributed by atoms with E-state index in [4.69, 9.17) is 5.73 Å². The summed E-state index contributed by atoms with van der Waals surface area (Å²) >= 11 is 0. The third-order valence-corrected chi connectivity index (χ3v) is 3.47. The number of anilines is 1. The van der Waals surface area contributed by atoms with Crippen LogP contribution in [0.5, 0.6) is 0 Å². The van der Waals surface area contributed by atoms with Crippen LogP contribution in [0.3, 0.4) is 0 Å². The summed E-state index contributed by atoms with van der Waals surface area (Å²) in [5, 5.41) is 4.48. The van der Waals surface area contributed by atoms with Crippen LogP contribution in [0.15, 0.2) is 0 Å². The van der Waals surface area contributed by atoms with Crippen molar-refractivity contribution in [1.29, 1.82) is 0 Å². The van der Waals surface area contributed by atoms with Crippen molar-refractivity contribution in [2.45, 2.75) is 39.8 Å². The molecule has 0 spiro atoms. The molecule has 0 radical (unpaired) electrons. The standard InChI is InChI=1S/C11H17N5/c1-4-15-10-9(7(3)14-15)13-11(12)16(10)8-5-6(8)2/h6,8H,4-5H2,1-3H3,(H2,12,13). The topological polar surface area (TPSA) is 61.7 Å². The van der Waals surface area contributed by atoms with Crippen LogP contribution in [0.1, 0.15) is 32.0 Å². The summed E-state index contributed by atoms with van der Waals surface area (Å²) in [5.74, 6) is 1.34. The van der Waals surface area contributed by atoms with Gasteiger partial charge in [0.2, 0.25) is 5.95 Å². The van der Waals surface area contributed by atoms with Gasteiger partial charge in [-0.2, -0.15) is 5.10 Å². The van der Waals surface area contributed by atoms with E-state index in [0.29, 0.717) is 17.9 Å². The Morgan fingerprint density at radius 3 is 2.75 bits per heavy atom. The molecule has 0 saturated heterocycles. The Bertz CT molecular complexity index is 550. The molecule has 1 saturated carbocycles. The second-order valence-electron chi connectivity index (χ2n) is 4.69. The minimum absolute atomic E-state index is 0.520. The van der Waals surface area contributed by atoms with E-state index in [0.717, 1.165) is 23.4 Å². The molecule has 2 aromatic rings. The van der Waals surface area contributed by atoms with Crippen molar-refractivity contribution < 1.29 is 0 Å². The average molecular weight is 219 g/mol. The van der Waals surface area contributed by atoms with Gasteiger partial charge >= 0.3 is 0 Å². The summed E-state index contributed by atoms with van der Waals surface area (Å²) < 4.78 is 4.16. The molecule has 2 N–H and O–H groups in total. The van der Waals surface area contributed by atoms with Gasteiger partial charge in [-0.05, 0) is 26.2 Å². The summed E-state index contributed by atoms with van der Waals surface area (Å²) in [6, 6.07) is 0.520. The van der Waals surface area contributed by atoms with E-state index in [-0.39, 0.29) is 0 Å². The van der Waals surface area contributed by atoms with Crippen LogP contribution in [0, 0.1) is 12.8 Å². The summed E-state index contributed by atoms with van der Waals surface area (Å²) in [7, 11) is 0. The summed E-state index contributed by atoms with van der Waals surface area (Å²) in [6.07, 6.45) is 1.20. The maximum Gasteiger partial charge on any atom is 0.202 e. The molecule has 86 valence electrons. The lowest BCUT2D eigenvalue weighted by atomic mass is 10.4. The van der Waals surface area contributed by atoms with Gasteiger partial charge in [-0.3, -0.25) is 4.57 Å². The fourth-order valence-corrected chi connectivity index (χ4v) is 2.42. The Hall–Kier alpha value is -1.52. The molecular weight excluding hydrogens is 202 g/mol. The second-order valence-corrected chi connectivity index (χ2v) is 4.69. The van der Waals surface area contributed by atoms with E-state index in [2.05, 4.69) is 28.5 Å². The molecule has 2 aromatic heterocycles. The molecule has 5 nitrogen and oxygen atoms in total. The molecule has 0 aliphatic heterocycles. The molecular formula is C11H17N5. The molecule has 2 atom stereocenters. The zero-order valence-corrected chi connectivity index (χ0v) is 9.94. The first kappa shape index (κ1) is 9.69. The maximum absolute atomic E-state index is 6.00. The average Bonchev–Trinajstić information content (AvgIpc) is 2.72. The molecule has 5 heteroatoms. The van der Waals surface area contributed by atoms with E-state index in [1.54, 1.807) is 0 Å². The highest BCUT2D eigenvalue weighted by Crippen LogP contribution is 2.45. The molecule has 0 aromatic carbocycles. The van der Waals surface area contributed by atoms with E-state index in [9.17, 15) is 0 Å². The van der Waals surface area contributed by atoms with Crippen molar-refractivity contribution in [3.05, 3.63) is 5.69 Å². The van der Waals surface area contributed by atoms with Gasteiger partial charge in [-0.15, -0.1) is 0 Å². The van der Waals surface area contributed by atoms with Crippen LogP contribution in [0.2, 0.25) is 0 Å². The smallest absolute Gasteiger partial charge is 0.202 e. The van der Waals surface area contributed by atoms with Gasteiger partial charge in [0.1, 0.15) is 5.52 Å². The second kappa shape index (κ2) is 2.99. The van der Waals surface area contributed by atoms with Crippen molar-refractivity contribution in [2.24, 2.45) is 5.92 Å². The lowest BCUT2D eigenvalue weighted by Gasteiger charge is -2.06. The van der Waals surface area contributed by atoms with Crippen LogP contribution >= 0.6 is 0 Å². The van der Waals surface area contributed by atoms with Crippen LogP contribution in [0.4, 0.5) is 5.95 Å². The summed E-state index contributed by atoms with van der Waals surface area (Å²) in [6.45, 7) is 7.18. The minimum atomic E-state index is 0.520. The number of aromatic nitrogens is 4.